The highest BCUT2D eigenvalue weighted by atomic mass is 16.3. The second kappa shape index (κ2) is 7.97. The Morgan fingerprint density at radius 3 is 2.52 bits per heavy atom. The van der Waals surface area contributed by atoms with Crippen LogP contribution < -0.4 is 0 Å². The van der Waals surface area contributed by atoms with E-state index in [4.69, 9.17) is 0 Å². The van der Waals surface area contributed by atoms with Crippen LogP contribution in [0, 0.1) is 46.3 Å². The van der Waals surface area contributed by atoms with Crippen LogP contribution in [0.15, 0.2) is 11.6 Å². The molecule has 3 saturated carbocycles. The molecule has 4 rings (SSSR count). The van der Waals surface area contributed by atoms with E-state index in [1.165, 1.54) is 56.9 Å². The first-order valence-corrected chi connectivity index (χ1v) is 12.7. The van der Waals surface area contributed by atoms with Crippen molar-refractivity contribution in [1.29, 1.82) is 0 Å². The van der Waals surface area contributed by atoms with Crippen LogP contribution in [0.2, 0.25) is 0 Å². The molecule has 2 heteroatoms. The monoisotopic (exact) mass is 402 g/mol. The standard InChI is InChI=1S/C27H46O2/c1-17(2)7-6-8-18(3)22-11-12-23-21-10-9-19-15-20(28)16-25(29)27(19,5)24(21)13-14-26(22,23)4/h9,17-18,20-25,28-29H,6-8,10-16H2,1-5H3/t18?,20-,21+,22-,23+,24+,25?,26-,27+/m1/s1. The molecule has 0 aromatic carbocycles. The zero-order valence-electron chi connectivity index (χ0n) is 19.7. The normalized spacial score (nSPS) is 47.9. The van der Waals surface area contributed by atoms with E-state index in [0.717, 1.165) is 36.0 Å². The Labute approximate surface area is 179 Å². The summed E-state index contributed by atoms with van der Waals surface area (Å²) in [5.41, 5.74) is 1.77. The molecule has 4 aliphatic rings. The Kier molecular flexibility index (Phi) is 6.01. The predicted octanol–water partition coefficient (Wildman–Crippen LogP) is 6.36. The van der Waals surface area contributed by atoms with E-state index in [2.05, 4.69) is 40.7 Å². The maximum Gasteiger partial charge on any atom is 0.0658 e. The SMILES string of the molecule is CC(C)CCCC(C)[C@H]1CC[C@H]2[C@@H]3CC=C4C[C@@H](O)CC(O)[C@]4(C)[C@H]3CC[C@]12C. The molecule has 29 heavy (non-hydrogen) atoms. The van der Waals surface area contributed by atoms with Gasteiger partial charge in [0.05, 0.1) is 12.2 Å². The summed E-state index contributed by atoms with van der Waals surface area (Å²) >= 11 is 0. The van der Waals surface area contributed by atoms with Crippen molar-refractivity contribution in [3.05, 3.63) is 11.6 Å². The Hall–Kier alpha value is -0.340. The van der Waals surface area contributed by atoms with Gasteiger partial charge in [-0.15, -0.1) is 0 Å². The molecule has 2 N–H and O–H groups in total. The van der Waals surface area contributed by atoms with Gasteiger partial charge in [-0.05, 0) is 79.4 Å². The van der Waals surface area contributed by atoms with E-state index in [-0.39, 0.29) is 17.6 Å². The summed E-state index contributed by atoms with van der Waals surface area (Å²) in [6, 6.07) is 0. The van der Waals surface area contributed by atoms with Crippen LogP contribution in [0.5, 0.6) is 0 Å². The van der Waals surface area contributed by atoms with Gasteiger partial charge in [0.2, 0.25) is 0 Å². The average Bonchev–Trinajstić information content (AvgIpc) is 3.00. The molecule has 3 fully saturated rings. The first kappa shape index (κ1) is 21.9. The van der Waals surface area contributed by atoms with Crippen LogP contribution in [-0.2, 0) is 0 Å². The van der Waals surface area contributed by atoms with Crippen LogP contribution in [-0.4, -0.2) is 22.4 Å². The van der Waals surface area contributed by atoms with E-state index in [1.54, 1.807) is 0 Å². The second-order valence-corrected chi connectivity index (χ2v) is 12.3. The Morgan fingerprint density at radius 1 is 1.03 bits per heavy atom. The molecule has 4 aliphatic carbocycles. The molecule has 0 bridgehead atoms. The van der Waals surface area contributed by atoms with Crippen molar-refractivity contribution in [2.24, 2.45) is 46.3 Å². The average molecular weight is 403 g/mol. The van der Waals surface area contributed by atoms with Crippen molar-refractivity contribution >= 4 is 0 Å². The van der Waals surface area contributed by atoms with Gasteiger partial charge in [-0.3, -0.25) is 0 Å². The van der Waals surface area contributed by atoms with E-state index in [0.29, 0.717) is 17.8 Å². The van der Waals surface area contributed by atoms with E-state index < -0.39 is 0 Å². The van der Waals surface area contributed by atoms with Gasteiger partial charge in [0, 0.05) is 11.8 Å². The van der Waals surface area contributed by atoms with Gasteiger partial charge >= 0.3 is 0 Å². The minimum absolute atomic E-state index is 0.0928. The highest BCUT2D eigenvalue weighted by molar-refractivity contribution is 5.27. The summed E-state index contributed by atoms with van der Waals surface area (Å²) < 4.78 is 0. The lowest BCUT2D eigenvalue weighted by Gasteiger charge is -2.59. The molecule has 2 unspecified atom stereocenters. The van der Waals surface area contributed by atoms with Crippen LogP contribution in [0.25, 0.3) is 0 Å². The zero-order chi connectivity index (χ0) is 21.0. The van der Waals surface area contributed by atoms with Crippen molar-refractivity contribution in [3.63, 3.8) is 0 Å². The molecule has 0 saturated heterocycles. The maximum absolute atomic E-state index is 11.1. The Bertz CT molecular complexity index is 624. The maximum atomic E-state index is 11.1. The molecule has 0 heterocycles. The van der Waals surface area contributed by atoms with Crippen molar-refractivity contribution in [2.45, 2.75) is 111 Å². The van der Waals surface area contributed by atoms with Crippen LogP contribution >= 0.6 is 0 Å². The number of aliphatic hydroxyl groups excluding tert-OH is 2. The number of rotatable bonds is 5. The molecule has 2 nitrogen and oxygen atoms in total. The number of hydrogen-bond acceptors (Lipinski definition) is 2. The largest absolute Gasteiger partial charge is 0.393 e. The van der Waals surface area contributed by atoms with Crippen LogP contribution in [0.3, 0.4) is 0 Å². The third-order valence-electron chi connectivity index (χ3n) is 10.4. The summed E-state index contributed by atoms with van der Waals surface area (Å²) in [6.45, 7) is 12.2. The van der Waals surface area contributed by atoms with E-state index >= 15 is 0 Å². The number of hydrogen-bond donors (Lipinski definition) is 2. The highest BCUT2D eigenvalue weighted by Crippen LogP contribution is 2.67. The van der Waals surface area contributed by atoms with Crippen LogP contribution in [0.1, 0.15) is 98.8 Å². The summed E-state index contributed by atoms with van der Waals surface area (Å²) in [5.74, 6) is 4.73. The van der Waals surface area contributed by atoms with Gasteiger partial charge in [-0.25, -0.2) is 0 Å². The molecule has 0 spiro atoms. The summed E-state index contributed by atoms with van der Waals surface area (Å²) in [7, 11) is 0. The van der Waals surface area contributed by atoms with E-state index in [9.17, 15) is 10.2 Å². The number of aliphatic hydroxyl groups is 2. The predicted molar refractivity (Wildman–Crippen MR) is 120 cm³/mol. The highest BCUT2D eigenvalue weighted by Gasteiger charge is 2.60. The van der Waals surface area contributed by atoms with Gasteiger partial charge < -0.3 is 10.2 Å². The third-order valence-corrected chi connectivity index (χ3v) is 10.4. The molecule has 0 aromatic heterocycles. The van der Waals surface area contributed by atoms with Crippen molar-refractivity contribution in [3.8, 4) is 0 Å². The minimum atomic E-state index is -0.373. The lowest BCUT2D eigenvalue weighted by atomic mass is 9.46. The Balaban J connectivity index is 1.52. The quantitative estimate of drug-likeness (QED) is 0.525. The molecule has 0 aromatic rings. The molecule has 0 radical (unpaired) electrons. The van der Waals surface area contributed by atoms with Crippen LogP contribution in [0.4, 0.5) is 0 Å². The van der Waals surface area contributed by atoms with Gasteiger partial charge in [0.25, 0.3) is 0 Å². The first-order valence-electron chi connectivity index (χ1n) is 12.7. The lowest BCUT2D eigenvalue weighted by molar-refractivity contribution is -0.108. The summed E-state index contributed by atoms with van der Waals surface area (Å²) in [4.78, 5) is 0. The third kappa shape index (κ3) is 3.55. The first-order chi connectivity index (χ1) is 13.7. The van der Waals surface area contributed by atoms with E-state index in [1.807, 2.05) is 0 Å². The van der Waals surface area contributed by atoms with Gasteiger partial charge in [-0.2, -0.15) is 0 Å². The van der Waals surface area contributed by atoms with Crippen molar-refractivity contribution in [2.75, 3.05) is 0 Å². The Morgan fingerprint density at radius 2 is 1.79 bits per heavy atom. The minimum Gasteiger partial charge on any atom is -0.393 e. The number of allylic oxidation sites excluding steroid dienone is 1. The fraction of sp³-hybridized carbons (Fsp3) is 0.926. The molecule has 0 amide bonds. The van der Waals surface area contributed by atoms with Gasteiger partial charge in [0.15, 0.2) is 0 Å². The number of fused-ring (bicyclic) bond motifs is 5. The lowest BCUT2D eigenvalue weighted by Crippen LogP contribution is -2.55. The second-order valence-electron chi connectivity index (χ2n) is 12.3. The molecular formula is C27H46O2. The molecule has 0 aliphatic heterocycles. The molecule has 166 valence electrons. The molecule has 9 atom stereocenters. The zero-order valence-corrected chi connectivity index (χ0v) is 19.7. The molecular weight excluding hydrogens is 356 g/mol. The fourth-order valence-corrected chi connectivity index (χ4v) is 8.73. The smallest absolute Gasteiger partial charge is 0.0658 e. The van der Waals surface area contributed by atoms with Crippen molar-refractivity contribution in [1.82, 2.24) is 0 Å². The summed E-state index contributed by atoms with van der Waals surface area (Å²) in [5, 5.41) is 21.3. The fourth-order valence-electron chi connectivity index (χ4n) is 8.73. The van der Waals surface area contributed by atoms with Gasteiger partial charge in [-0.1, -0.05) is 65.5 Å². The van der Waals surface area contributed by atoms with Crippen molar-refractivity contribution < 1.29 is 10.2 Å². The summed E-state index contributed by atoms with van der Waals surface area (Å²) in [6.07, 6.45) is 13.8. The topological polar surface area (TPSA) is 40.5 Å². The van der Waals surface area contributed by atoms with Gasteiger partial charge in [0.1, 0.15) is 0 Å².